The van der Waals surface area contributed by atoms with Gasteiger partial charge in [-0.05, 0) is 43.5 Å². The van der Waals surface area contributed by atoms with Crippen LogP contribution in [0, 0.1) is 0 Å². The molecule has 2 fully saturated rings. The molecular weight excluding hydrogens is 368 g/mol. The summed E-state index contributed by atoms with van der Waals surface area (Å²) < 4.78 is 1.54. The highest BCUT2D eigenvalue weighted by molar-refractivity contribution is 9.10. The number of benzene rings is 1. The Bertz CT molecular complexity index is 624. The van der Waals surface area contributed by atoms with Crippen molar-refractivity contribution in [3.63, 3.8) is 0 Å². The number of rotatable bonds is 2. The maximum atomic E-state index is 11.8. The first kappa shape index (κ1) is 15.1. The van der Waals surface area contributed by atoms with Gasteiger partial charge in [-0.15, -0.1) is 0 Å². The molecule has 0 radical (unpaired) electrons. The van der Waals surface area contributed by atoms with Crippen molar-refractivity contribution < 1.29 is 4.79 Å². The largest absolute Gasteiger partial charge is 0.371 e. The summed E-state index contributed by atoms with van der Waals surface area (Å²) in [6, 6.07) is 6.24. The van der Waals surface area contributed by atoms with E-state index in [2.05, 4.69) is 44.3 Å². The van der Waals surface area contributed by atoms with Crippen molar-refractivity contribution in [3.05, 3.63) is 33.1 Å². The summed E-state index contributed by atoms with van der Waals surface area (Å²) in [6.45, 7) is 2.16. The summed E-state index contributed by atoms with van der Waals surface area (Å²) in [7, 11) is 0. The van der Waals surface area contributed by atoms with Crippen LogP contribution in [0.15, 0.2) is 27.6 Å². The number of hydrogen-bond acceptors (Lipinski definition) is 4. The van der Waals surface area contributed by atoms with E-state index in [-0.39, 0.29) is 5.91 Å². The molecule has 0 atom stereocenters. The van der Waals surface area contributed by atoms with Gasteiger partial charge in [0.15, 0.2) is 0 Å². The molecule has 1 N–H and O–H groups in total. The number of carbonyl (C=O) groups is 1. The first-order valence-corrected chi connectivity index (χ1v) is 8.94. The van der Waals surface area contributed by atoms with E-state index < -0.39 is 0 Å². The van der Waals surface area contributed by atoms with Crippen LogP contribution < -0.4 is 10.2 Å². The van der Waals surface area contributed by atoms with Crippen LogP contribution in [-0.4, -0.2) is 23.3 Å². The summed E-state index contributed by atoms with van der Waals surface area (Å²) in [5.41, 5.74) is 2.25. The fraction of sp³-hybridized carbons (Fsp3) is 0.333. The van der Waals surface area contributed by atoms with Gasteiger partial charge in [0.05, 0.1) is 4.91 Å². The van der Waals surface area contributed by atoms with Gasteiger partial charge < -0.3 is 10.2 Å². The molecule has 0 saturated carbocycles. The molecule has 2 aliphatic heterocycles. The van der Waals surface area contributed by atoms with E-state index in [4.69, 9.17) is 12.2 Å². The van der Waals surface area contributed by atoms with Crippen LogP contribution in [0.1, 0.15) is 24.8 Å². The minimum absolute atomic E-state index is 0.102. The SMILES string of the molecule is O=C1NC(=S)SC1=Cc1cc(Br)ccc1N1CCCCC1. The Labute approximate surface area is 142 Å². The number of amides is 1. The Kier molecular flexibility index (Phi) is 4.66. The van der Waals surface area contributed by atoms with Crippen LogP contribution in [0.4, 0.5) is 5.69 Å². The average molecular weight is 383 g/mol. The minimum Gasteiger partial charge on any atom is -0.371 e. The van der Waals surface area contributed by atoms with Crippen LogP contribution in [0.25, 0.3) is 6.08 Å². The zero-order valence-corrected chi connectivity index (χ0v) is 14.6. The lowest BCUT2D eigenvalue weighted by molar-refractivity contribution is -0.115. The molecule has 1 aromatic rings. The van der Waals surface area contributed by atoms with Crippen LogP contribution in [0.5, 0.6) is 0 Å². The zero-order valence-electron chi connectivity index (χ0n) is 11.4. The number of nitrogens with zero attached hydrogens (tertiary/aromatic N) is 1. The van der Waals surface area contributed by atoms with Gasteiger partial charge in [0, 0.05) is 28.8 Å². The number of nitrogens with one attached hydrogen (secondary N) is 1. The lowest BCUT2D eigenvalue weighted by Crippen LogP contribution is -2.29. The number of halogens is 1. The van der Waals surface area contributed by atoms with E-state index in [0.29, 0.717) is 9.23 Å². The van der Waals surface area contributed by atoms with Crippen molar-refractivity contribution in [1.29, 1.82) is 0 Å². The van der Waals surface area contributed by atoms with Gasteiger partial charge in [0.1, 0.15) is 4.32 Å². The highest BCUT2D eigenvalue weighted by Gasteiger charge is 2.23. The van der Waals surface area contributed by atoms with Crippen LogP contribution in [0.2, 0.25) is 0 Å². The number of thioether (sulfide) groups is 1. The number of hydrogen-bond donors (Lipinski definition) is 1. The van der Waals surface area contributed by atoms with Crippen molar-refractivity contribution in [2.75, 3.05) is 18.0 Å². The highest BCUT2D eigenvalue weighted by Crippen LogP contribution is 2.32. The van der Waals surface area contributed by atoms with Crippen molar-refractivity contribution >= 4 is 61.9 Å². The molecule has 1 aromatic carbocycles. The molecule has 2 aliphatic rings. The number of thiocarbonyl (C=S) groups is 1. The molecule has 0 spiro atoms. The Balaban J connectivity index is 1.96. The van der Waals surface area contributed by atoms with Gasteiger partial charge in [-0.1, -0.05) is 39.9 Å². The predicted molar refractivity (Wildman–Crippen MR) is 96.5 cm³/mol. The summed E-state index contributed by atoms with van der Waals surface area (Å²) in [5.74, 6) is -0.102. The highest BCUT2D eigenvalue weighted by atomic mass is 79.9. The molecule has 0 aromatic heterocycles. The Hall–Kier alpha value is -0.850. The standard InChI is InChI=1S/C15H15BrN2OS2/c16-11-4-5-12(18-6-2-1-3-7-18)10(8-11)9-13-14(19)17-15(20)21-13/h4-5,8-9H,1-3,6-7H2,(H,17,19,20). The van der Waals surface area contributed by atoms with Crippen LogP contribution in [-0.2, 0) is 4.79 Å². The van der Waals surface area contributed by atoms with E-state index in [0.717, 1.165) is 23.1 Å². The van der Waals surface area contributed by atoms with E-state index in [1.807, 2.05) is 6.08 Å². The maximum absolute atomic E-state index is 11.8. The third-order valence-electron chi connectivity index (χ3n) is 3.61. The minimum atomic E-state index is -0.102. The molecule has 0 unspecified atom stereocenters. The quantitative estimate of drug-likeness (QED) is 0.620. The second kappa shape index (κ2) is 6.50. The first-order chi connectivity index (χ1) is 10.1. The van der Waals surface area contributed by atoms with Gasteiger partial charge in [-0.3, -0.25) is 4.79 Å². The van der Waals surface area contributed by atoms with Crippen LogP contribution >= 0.6 is 39.9 Å². The lowest BCUT2D eigenvalue weighted by Gasteiger charge is -2.30. The zero-order chi connectivity index (χ0) is 14.8. The van der Waals surface area contributed by atoms with Crippen molar-refractivity contribution in [2.45, 2.75) is 19.3 Å². The summed E-state index contributed by atoms with van der Waals surface area (Å²) in [4.78, 5) is 14.9. The monoisotopic (exact) mass is 382 g/mol. The number of piperidine rings is 1. The molecule has 2 heterocycles. The summed E-state index contributed by atoms with van der Waals surface area (Å²) in [5, 5.41) is 2.66. The van der Waals surface area contributed by atoms with Crippen molar-refractivity contribution in [2.24, 2.45) is 0 Å². The molecule has 3 nitrogen and oxygen atoms in total. The normalized spacial score (nSPS) is 21.0. The van der Waals surface area contributed by atoms with E-state index in [9.17, 15) is 4.79 Å². The molecule has 0 aliphatic carbocycles. The van der Waals surface area contributed by atoms with Gasteiger partial charge in [-0.2, -0.15) is 0 Å². The van der Waals surface area contributed by atoms with E-state index in [1.165, 1.54) is 36.7 Å². The van der Waals surface area contributed by atoms with Gasteiger partial charge in [0.2, 0.25) is 0 Å². The fourth-order valence-electron chi connectivity index (χ4n) is 2.63. The second-order valence-electron chi connectivity index (χ2n) is 5.10. The average Bonchev–Trinajstić information content (AvgIpc) is 2.78. The van der Waals surface area contributed by atoms with Gasteiger partial charge in [-0.25, -0.2) is 0 Å². The van der Waals surface area contributed by atoms with Gasteiger partial charge >= 0.3 is 0 Å². The van der Waals surface area contributed by atoms with E-state index >= 15 is 0 Å². The first-order valence-electron chi connectivity index (χ1n) is 6.93. The number of anilines is 1. The maximum Gasteiger partial charge on any atom is 0.263 e. The number of carbonyl (C=O) groups excluding carboxylic acids is 1. The Morgan fingerprint density at radius 2 is 2.05 bits per heavy atom. The molecule has 1 amide bonds. The molecular formula is C15H15BrN2OS2. The predicted octanol–water partition coefficient (Wildman–Crippen LogP) is 3.93. The van der Waals surface area contributed by atoms with E-state index in [1.54, 1.807) is 0 Å². The van der Waals surface area contributed by atoms with Crippen molar-refractivity contribution in [1.82, 2.24) is 5.32 Å². The molecule has 110 valence electrons. The van der Waals surface area contributed by atoms with Gasteiger partial charge in [0.25, 0.3) is 5.91 Å². The summed E-state index contributed by atoms with van der Waals surface area (Å²) >= 11 is 9.89. The molecule has 21 heavy (non-hydrogen) atoms. The molecule has 0 bridgehead atoms. The Morgan fingerprint density at radius 1 is 1.29 bits per heavy atom. The molecule has 6 heteroatoms. The van der Waals surface area contributed by atoms with Crippen molar-refractivity contribution in [3.8, 4) is 0 Å². The Morgan fingerprint density at radius 3 is 2.71 bits per heavy atom. The third kappa shape index (κ3) is 3.49. The lowest BCUT2D eigenvalue weighted by atomic mass is 10.1. The smallest absolute Gasteiger partial charge is 0.263 e. The van der Waals surface area contributed by atoms with Crippen LogP contribution in [0.3, 0.4) is 0 Å². The molecule has 2 saturated heterocycles. The fourth-order valence-corrected chi connectivity index (χ4v) is 4.04. The second-order valence-corrected chi connectivity index (χ2v) is 7.74. The third-order valence-corrected chi connectivity index (χ3v) is 5.27. The summed E-state index contributed by atoms with van der Waals surface area (Å²) in [6.07, 6.45) is 5.70. The molecule has 3 rings (SSSR count). The topological polar surface area (TPSA) is 32.3 Å².